The van der Waals surface area contributed by atoms with E-state index in [1.54, 1.807) is 12.1 Å². The molecule has 10 nitrogen and oxygen atoms in total. The van der Waals surface area contributed by atoms with Crippen molar-refractivity contribution in [1.29, 1.82) is 0 Å². The molecule has 2 heterocycles. The number of hydrogen-bond acceptors (Lipinski definition) is 6. The number of nitrogens with one attached hydrogen (secondary N) is 2. The van der Waals surface area contributed by atoms with Crippen LogP contribution in [0.1, 0.15) is 35.6 Å². The van der Waals surface area contributed by atoms with E-state index in [4.69, 9.17) is 21.9 Å². The predicted octanol–water partition coefficient (Wildman–Crippen LogP) is 2.19. The second kappa shape index (κ2) is 8.11. The van der Waals surface area contributed by atoms with E-state index >= 15 is 0 Å². The molecule has 8 N–H and O–H groups in total. The molecule has 0 unspecified atom stereocenters. The molecule has 30 heavy (non-hydrogen) atoms. The quantitative estimate of drug-likeness (QED) is 0.0901. The second-order valence-electron chi connectivity index (χ2n) is 7.01. The van der Waals surface area contributed by atoms with E-state index in [2.05, 4.69) is 30.2 Å². The highest BCUT2D eigenvalue weighted by molar-refractivity contribution is 6.00. The normalized spacial score (nSPS) is 12.8. The zero-order valence-corrected chi connectivity index (χ0v) is 16.1. The molecule has 0 saturated carbocycles. The van der Waals surface area contributed by atoms with Gasteiger partial charge in [-0.05, 0) is 49.2 Å². The standard InChI is InChI=1S/C20H22N8O2/c21-19(27-29)11-5-7-13-15(9-11)25-17(23-13)3-1-2-4-18-24-14-8-6-12(20(22)28-30)10-16(14)26-18/h5-10,29-30H,1-4H2,(H2,21,27)(H2,22,28)(H,23,25)(H,24,26). The van der Waals surface area contributed by atoms with Crippen LogP contribution in [0, 0.1) is 0 Å². The molecule has 0 aliphatic rings. The van der Waals surface area contributed by atoms with Crippen LogP contribution in [-0.2, 0) is 12.8 Å². The maximum absolute atomic E-state index is 8.81. The van der Waals surface area contributed by atoms with Crippen LogP contribution in [0.25, 0.3) is 22.1 Å². The van der Waals surface area contributed by atoms with Crippen LogP contribution >= 0.6 is 0 Å². The van der Waals surface area contributed by atoms with E-state index in [1.165, 1.54) is 0 Å². The van der Waals surface area contributed by atoms with Gasteiger partial charge in [-0.1, -0.05) is 10.3 Å². The van der Waals surface area contributed by atoms with Crippen molar-refractivity contribution in [3.63, 3.8) is 0 Å². The minimum Gasteiger partial charge on any atom is -0.409 e. The number of aromatic amines is 2. The van der Waals surface area contributed by atoms with Gasteiger partial charge in [0.2, 0.25) is 0 Å². The molecule has 0 amide bonds. The molecular formula is C20H22N8O2. The van der Waals surface area contributed by atoms with Crippen molar-refractivity contribution in [2.75, 3.05) is 0 Å². The summed E-state index contributed by atoms with van der Waals surface area (Å²) in [5.74, 6) is 1.93. The summed E-state index contributed by atoms with van der Waals surface area (Å²) in [6, 6.07) is 10.9. The first-order valence-corrected chi connectivity index (χ1v) is 9.50. The molecule has 0 aliphatic heterocycles. The summed E-state index contributed by atoms with van der Waals surface area (Å²) < 4.78 is 0. The Labute approximate surface area is 171 Å². The van der Waals surface area contributed by atoms with Gasteiger partial charge < -0.3 is 31.8 Å². The van der Waals surface area contributed by atoms with Crippen molar-refractivity contribution in [2.45, 2.75) is 25.7 Å². The Balaban J connectivity index is 1.36. The van der Waals surface area contributed by atoms with Crippen molar-refractivity contribution in [2.24, 2.45) is 21.8 Å². The number of aromatic nitrogens is 4. The Bertz CT molecular complexity index is 1160. The van der Waals surface area contributed by atoms with E-state index < -0.39 is 0 Å². The van der Waals surface area contributed by atoms with Gasteiger partial charge in [0.05, 0.1) is 22.1 Å². The van der Waals surface area contributed by atoms with Crippen molar-refractivity contribution < 1.29 is 10.4 Å². The van der Waals surface area contributed by atoms with Crippen molar-refractivity contribution in [3.8, 4) is 0 Å². The molecular weight excluding hydrogens is 384 g/mol. The molecule has 0 aliphatic carbocycles. The predicted molar refractivity (Wildman–Crippen MR) is 114 cm³/mol. The topological polar surface area (TPSA) is 175 Å². The first-order chi connectivity index (χ1) is 14.6. The summed E-state index contributed by atoms with van der Waals surface area (Å²) >= 11 is 0. The smallest absolute Gasteiger partial charge is 0.170 e. The molecule has 0 saturated heterocycles. The van der Waals surface area contributed by atoms with Gasteiger partial charge >= 0.3 is 0 Å². The molecule has 154 valence electrons. The number of fused-ring (bicyclic) bond motifs is 2. The molecule has 0 atom stereocenters. The van der Waals surface area contributed by atoms with Crippen molar-refractivity contribution in [1.82, 2.24) is 19.9 Å². The fourth-order valence-corrected chi connectivity index (χ4v) is 3.38. The third-order valence-corrected chi connectivity index (χ3v) is 4.95. The monoisotopic (exact) mass is 406 g/mol. The lowest BCUT2D eigenvalue weighted by molar-refractivity contribution is 0.318. The first kappa shape index (κ1) is 19.2. The maximum Gasteiger partial charge on any atom is 0.170 e. The number of nitrogens with zero attached hydrogens (tertiary/aromatic N) is 4. The number of amidine groups is 2. The number of hydrogen-bond donors (Lipinski definition) is 6. The van der Waals surface area contributed by atoms with Gasteiger partial charge in [-0.2, -0.15) is 0 Å². The van der Waals surface area contributed by atoms with E-state index in [0.717, 1.165) is 59.4 Å². The fourth-order valence-electron chi connectivity index (χ4n) is 3.38. The van der Waals surface area contributed by atoms with E-state index in [9.17, 15) is 0 Å². The molecule has 4 rings (SSSR count). The minimum absolute atomic E-state index is 0.0670. The lowest BCUT2D eigenvalue weighted by Gasteiger charge is -1.97. The van der Waals surface area contributed by atoms with Crippen LogP contribution < -0.4 is 11.5 Å². The second-order valence-corrected chi connectivity index (χ2v) is 7.01. The van der Waals surface area contributed by atoms with Crippen LogP contribution in [-0.4, -0.2) is 42.0 Å². The first-order valence-electron chi connectivity index (χ1n) is 9.50. The van der Waals surface area contributed by atoms with Gasteiger partial charge in [-0.15, -0.1) is 0 Å². The Morgan fingerprint density at radius 2 is 1.20 bits per heavy atom. The molecule has 2 aromatic heterocycles. The van der Waals surface area contributed by atoms with Crippen LogP contribution in [0.4, 0.5) is 0 Å². The van der Waals surface area contributed by atoms with Crippen LogP contribution in [0.15, 0.2) is 46.7 Å². The Hall–Kier alpha value is -4.08. The number of aryl methyl sites for hydroxylation is 2. The Morgan fingerprint density at radius 3 is 1.60 bits per heavy atom. The number of unbranched alkanes of at least 4 members (excludes halogenated alkanes) is 1. The van der Waals surface area contributed by atoms with E-state index in [1.807, 2.05) is 24.3 Å². The molecule has 2 aromatic carbocycles. The summed E-state index contributed by atoms with van der Waals surface area (Å²) in [4.78, 5) is 15.7. The summed E-state index contributed by atoms with van der Waals surface area (Å²) in [6.45, 7) is 0. The Morgan fingerprint density at radius 1 is 0.767 bits per heavy atom. The highest BCUT2D eigenvalue weighted by Crippen LogP contribution is 2.17. The van der Waals surface area contributed by atoms with Crippen molar-refractivity contribution >= 4 is 33.7 Å². The summed E-state index contributed by atoms with van der Waals surface area (Å²) in [5, 5.41) is 23.7. The number of imidazole rings is 2. The van der Waals surface area contributed by atoms with Gasteiger partial charge in [0, 0.05) is 24.0 Å². The largest absolute Gasteiger partial charge is 0.409 e. The number of H-pyrrole nitrogens is 2. The maximum atomic E-state index is 8.81. The van der Waals surface area contributed by atoms with E-state index in [0.29, 0.717) is 11.1 Å². The third-order valence-electron chi connectivity index (χ3n) is 4.95. The SMILES string of the molecule is N/C(=N/O)c1ccc2nc(CCCCc3nc4ccc(/C(N)=N\O)cc4[nH]3)[nH]c2c1. The molecule has 0 radical (unpaired) electrons. The summed E-state index contributed by atoms with van der Waals surface area (Å²) in [5.41, 5.74) is 16.0. The number of benzene rings is 2. The number of oxime groups is 2. The number of nitrogens with two attached hydrogens (primary N) is 2. The van der Waals surface area contributed by atoms with Crippen LogP contribution in [0.5, 0.6) is 0 Å². The van der Waals surface area contributed by atoms with Gasteiger partial charge in [0.25, 0.3) is 0 Å². The lowest BCUT2D eigenvalue weighted by Crippen LogP contribution is -2.12. The summed E-state index contributed by atoms with van der Waals surface area (Å²) in [7, 11) is 0. The van der Waals surface area contributed by atoms with Gasteiger partial charge in [-0.3, -0.25) is 0 Å². The summed E-state index contributed by atoms with van der Waals surface area (Å²) in [6.07, 6.45) is 3.50. The molecule has 0 bridgehead atoms. The Kier molecular flexibility index (Phi) is 5.21. The number of rotatable bonds is 7. The average Bonchev–Trinajstić information content (AvgIpc) is 3.37. The highest BCUT2D eigenvalue weighted by Gasteiger charge is 2.08. The minimum atomic E-state index is 0.0670. The van der Waals surface area contributed by atoms with Crippen LogP contribution in [0.2, 0.25) is 0 Å². The molecule has 0 spiro atoms. The zero-order chi connectivity index (χ0) is 21.1. The molecule has 4 aromatic rings. The molecule has 0 fully saturated rings. The average molecular weight is 406 g/mol. The van der Waals surface area contributed by atoms with Crippen LogP contribution in [0.3, 0.4) is 0 Å². The van der Waals surface area contributed by atoms with Gasteiger partial charge in [0.1, 0.15) is 11.6 Å². The van der Waals surface area contributed by atoms with Gasteiger partial charge in [-0.25, -0.2) is 9.97 Å². The highest BCUT2D eigenvalue weighted by atomic mass is 16.4. The zero-order valence-electron chi connectivity index (χ0n) is 16.1. The fraction of sp³-hybridized carbons (Fsp3) is 0.200. The van der Waals surface area contributed by atoms with Crippen molar-refractivity contribution in [3.05, 3.63) is 59.2 Å². The van der Waals surface area contributed by atoms with E-state index in [-0.39, 0.29) is 11.7 Å². The molecule has 10 heteroatoms. The third kappa shape index (κ3) is 3.88. The lowest BCUT2D eigenvalue weighted by atomic mass is 10.2. The van der Waals surface area contributed by atoms with Gasteiger partial charge in [0.15, 0.2) is 11.7 Å².